The maximum Gasteiger partial charge on any atom is 0.294 e. The standard InChI is InChI=1S/C18H30O3S/c1-4-6-8-14-18(3,15-9-7-5-2)16-10-12-17(13-11-16)22(19,20)21/h10-13H,4-9,14-15H2,1-3H3,(H,19,20,21). The van der Waals surface area contributed by atoms with Gasteiger partial charge in [0.1, 0.15) is 0 Å². The van der Waals surface area contributed by atoms with Crippen molar-refractivity contribution in [3.63, 3.8) is 0 Å². The Morgan fingerprint density at radius 1 is 0.909 bits per heavy atom. The minimum absolute atomic E-state index is 0.0271. The number of hydrogen-bond acceptors (Lipinski definition) is 2. The molecule has 126 valence electrons. The Kier molecular flexibility index (Phi) is 7.57. The highest BCUT2D eigenvalue weighted by atomic mass is 32.2. The van der Waals surface area contributed by atoms with Gasteiger partial charge in [0.15, 0.2) is 0 Å². The fourth-order valence-electron chi connectivity index (χ4n) is 2.97. The average Bonchev–Trinajstić information content (AvgIpc) is 2.47. The third-order valence-electron chi connectivity index (χ3n) is 4.51. The zero-order valence-corrected chi connectivity index (χ0v) is 15.0. The van der Waals surface area contributed by atoms with Crippen LogP contribution in [0.15, 0.2) is 29.2 Å². The molecule has 1 rings (SSSR count). The summed E-state index contributed by atoms with van der Waals surface area (Å²) >= 11 is 0. The summed E-state index contributed by atoms with van der Waals surface area (Å²) in [6.07, 6.45) is 9.49. The van der Waals surface area contributed by atoms with Crippen LogP contribution in [0.25, 0.3) is 0 Å². The fourth-order valence-corrected chi connectivity index (χ4v) is 3.45. The van der Waals surface area contributed by atoms with E-state index in [2.05, 4.69) is 20.8 Å². The highest BCUT2D eigenvalue weighted by molar-refractivity contribution is 7.85. The van der Waals surface area contributed by atoms with Crippen LogP contribution in [0.3, 0.4) is 0 Å². The van der Waals surface area contributed by atoms with E-state index in [0.717, 1.165) is 12.8 Å². The van der Waals surface area contributed by atoms with E-state index in [0.29, 0.717) is 0 Å². The van der Waals surface area contributed by atoms with Crippen LogP contribution in [0.1, 0.15) is 77.7 Å². The predicted octanol–water partition coefficient (Wildman–Crippen LogP) is 5.35. The normalized spacial score (nSPS) is 12.5. The first-order chi connectivity index (χ1) is 10.3. The van der Waals surface area contributed by atoms with Crippen molar-refractivity contribution in [2.75, 3.05) is 0 Å². The summed E-state index contributed by atoms with van der Waals surface area (Å²) in [4.78, 5) is -0.0271. The van der Waals surface area contributed by atoms with Crippen molar-refractivity contribution in [3.05, 3.63) is 29.8 Å². The molecule has 0 fully saturated rings. The summed E-state index contributed by atoms with van der Waals surface area (Å²) < 4.78 is 31.4. The van der Waals surface area contributed by atoms with Gasteiger partial charge in [0.25, 0.3) is 10.1 Å². The molecule has 0 aromatic heterocycles. The molecule has 0 unspecified atom stereocenters. The summed E-state index contributed by atoms with van der Waals surface area (Å²) in [6, 6.07) is 6.76. The van der Waals surface area contributed by atoms with E-state index in [1.165, 1.54) is 56.2 Å². The summed E-state index contributed by atoms with van der Waals surface area (Å²) in [6.45, 7) is 6.69. The van der Waals surface area contributed by atoms with E-state index in [9.17, 15) is 8.42 Å². The monoisotopic (exact) mass is 326 g/mol. The molecule has 1 N–H and O–H groups in total. The van der Waals surface area contributed by atoms with Gasteiger partial charge in [0, 0.05) is 0 Å². The third-order valence-corrected chi connectivity index (χ3v) is 5.38. The number of benzene rings is 1. The Morgan fingerprint density at radius 2 is 1.36 bits per heavy atom. The van der Waals surface area contributed by atoms with Gasteiger partial charge in [0.2, 0.25) is 0 Å². The summed E-state index contributed by atoms with van der Waals surface area (Å²) in [5.41, 5.74) is 1.26. The molecule has 0 saturated carbocycles. The summed E-state index contributed by atoms with van der Waals surface area (Å²) in [7, 11) is -4.11. The van der Waals surface area contributed by atoms with Crippen LogP contribution >= 0.6 is 0 Å². The lowest BCUT2D eigenvalue weighted by Gasteiger charge is -2.31. The van der Waals surface area contributed by atoms with Gasteiger partial charge in [-0.05, 0) is 36.0 Å². The van der Waals surface area contributed by atoms with Crippen LogP contribution in [0.4, 0.5) is 0 Å². The van der Waals surface area contributed by atoms with Crippen molar-refractivity contribution in [3.8, 4) is 0 Å². The van der Waals surface area contributed by atoms with E-state index in [1.807, 2.05) is 12.1 Å². The predicted molar refractivity (Wildman–Crippen MR) is 91.9 cm³/mol. The Hall–Kier alpha value is -0.870. The molecule has 0 spiro atoms. The van der Waals surface area contributed by atoms with Crippen LogP contribution < -0.4 is 0 Å². The SMILES string of the molecule is CCCCCC(C)(CCCCC)c1ccc(S(=O)(=O)O)cc1. The molecule has 1 aromatic carbocycles. The van der Waals surface area contributed by atoms with E-state index in [1.54, 1.807) is 0 Å². The molecule has 1 aromatic rings. The van der Waals surface area contributed by atoms with E-state index < -0.39 is 10.1 Å². The topological polar surface area (TPSA) is 54.4 Å². The van der Waals surface area contributed by atoms with Crippen LogP contribution in [-0.4, -0.2) is 13.0 Å². The zero-order valence-electron chi connectivity index (χ0n) is 14.1. The smallest absolute Gasteiger partial charge is 0.282 e. The van der Waals surface area contributed by atoms with Gasteiger partial charge in [-0.15, -0.1) is 0 Å². The first-order valence-corrected chi connectivity index (χ1v) is 9.85. The molecule has 0 aliphatic carbocycles. The van der Waals surface area contributed by atoms with Crippen molar-refractivity contribution in [2.24, 2.45) is 0 Å². The second-order valence-electron chi connectivity index (χ2n) is 6.47. The molecule has 4 heteroatoms. The minimum Gasteiger partial charge on any atom is -0.282 e. The molecule has 0 aliphatic rings. The van der Waals surface area contributed by atoms with Crippen LogP contribution in [0, 0.1) is 0 Å². The van der Waals surface area contributed by atoms with Crippen molar-refractivity contribution >= 4 is 10.1 Å². The first kappa shape index (κ1) is 19.2. The molecule has 0 saturated heterocycles. The number of unbranched alkanes of at least 4 members (excludes halogenated alkanes) is 4. The molecule has 3 nitrogen and oxygen atoms in total. The molecule has 0 amide bonds. The molecule has 0 bridgehead atoms. The van der Waals surface area contributed by atoms with Gasteiger partial charge in [-0.3, -0.25) is 4.55 Å². The zero-order chi connectivity index (χ0) is 16.6. The average molecular weight is 327 g/mol. The summed E-state index contributed by atoms with van der Waals surface area (Å²) in [5.74, 6) is 0. The van der Waals surface area contributed by atoms with Gasteiger partial charge < -0.3 is 0 Å². The van der Waals surface area contributed by atoms with Crippen LogP contribution in [-0.2, 0) is 15.5 Å². The number of rotatable bonds is 10. The van der Waals surface area contributed by atoms with Crippen LogP contribution in [0.5, 0.6) is 0 Å². The van der Waals surface area contributed by atoms with Crippen molar-refractivity contribution in [1.82, 2.24) is 0 Å². The first-order valence-electron chi connectivity index (χ1n) is 8.41. The summed E-state index contributed by atoms with van der Waals surface area (Å²) in [5, 5.41) is 0. The van der Waals surface area contributed by atoms with E-state index >= 15 is 0 Å². The van der Waals surface area contributed by atoms with Gasteiger partial charge >= 0.3 is 0 Å². The highest BCUT2D eigenvalue weighted by Crippen LogP contribution is 2.35. The van der Waals surface area contributed by atoms with Gasteiger partial charge in [-0.1, -0.05) is 71.4 Å². The number of hydrogen-bond donors (Lipinski definition) is 1. The Morgan fingerprint density at radius 3 is 1.73 bits per heavy atom. The molecule has 0 radical (unpaired) electrons. The fraction of sp³-hybridized carbons (Fsp3) is 0.667. The maximum absolute atomic E-state index is 11.2. The lowest BCUT2D eigenvalue weighted by molar-refractivity contribution is 0.367. The second kappa shape index (κ2) is 8.68. The van der Waals surface area contributed by atoms with Crippen molar-refractivity contribution in [2.45, 2.75) is 82.4 Å². The Labute approximate surface area is 135 Å². The van der Waals surface area contributed by atoms with Crippen molar-refractivity contribution in [1.29, 1.82) is 0 Å². The van der Waals surface area contributed by atoms with Gasteiger partial charge in [-0.2, -0.15) is 8.42 Å². The second-order valence-corrected chi connectivity index (χ2v) is 7.90. The molecule has 22 heavy (non-hydrogen) atoms. The van der Waals surface area contributed by atoms with Gasteiger partial charge in [-0.25, -0.2) is 0 Å². The lowest BCUT2D eigenvalue weighted by Crippen LogP contribution is -2.22. The highest BCUT2D eigenvalue weighted by Gasteiger charge is 2.26. The molecular formula is C18H30O3S. The molecule has 0 aliphatic heterocycles. The third kappa shape index (κ3) is 5.73. The van der Waals surface area contributed by atoms with E-state index in [-0.39, 0.29) is 10.3 Å². The maximum atomic E-state index is 11.2. The molecule has 0 atom stereocenters. The van der Waals surface area contributed by atoms with Crippen LogP contribution in [0.2, 0.25) is 0 Å². The Bertz CT molecular complexity index is 522. The van der Waals surface area contributed by atoms with Crippen molar-refractivity contribution < 1.29 is 13.0 Å². The van der Waals surface area contributed by atoms with E-state index in [4.69, 9.17) is 4.55 Å². The lowest BCUT2D eigenvalue weighted by atomic mass is 9.74. The minimum atomic E-state index is -4.11. The molecule has 0 heterocycles. The Balaban J connectivity index is 2.93. The van der Waals surface area contributed by atoms with Gasteiger partial charge in [0.05, 0.1) is 4.90 Å². The largest absolute Gasteiger partial charge is 0.294 e. The quantitative estimate of drug-likeness (QED) is 0.465. The molecular weight excluding hydrogens is 296 g/mol.